The van der Waals surface area contributed by atoms with E-state index >= 15 is 0 Å². The molecule has 0 amide bonds. The molecule has 0 aliphatic heterocycles. The average molecular weight is 188 g/mol. The zero-order chi connectivity index (χ0) is 7.66. The molecule has 1 aromatic rings. The van der Waals surface area contributed by atoms with E-state index in [1.54, 1.807) is 6.08 Å². The molecule has 0 saturated carbocycles. The van der Waals surface area contributed by atoms with E-state index in [0.717, 1.165) is 0 Å². The Morgan fingerprint density at radius 1 is 1.27 bits per heavy atom. The van der Waals surface area contributed by atoms with Crippen molar-refractivity contribution < 1.29 is 17.1 Å². The summed E-state index contributed by atoms with van der Waals surface area (Å²) in [5.74, 6) is 0. The van der Waals surface area contributed by atoms with Crippen LogP contribution in [-0.4, -0.2) is 0 Å². The summed E-state index contributed by atoms with van der Waals surface area (Å²) < 4.78 is 0. The minimum absolute atomic E-state index is 0. The topological polar surface area (TPSA) is 0 Å². The fourth-order valence-electron chi connectivity index (χ4n) is 0.432. The van der Waals surface area contributed by atoms with Gasteiger partial charge in [-0.15, -0.1) is 0 Å². The molecule has 0 radical (unpaired) electrons. The first kappa shape index (κ1) is 13.0. The predicted octanol–water partition coefficient (Wildman–Crippen LogP) is 2.95. The van der Waals surface area contributed by atoms with Crippen LogP contribution < -0.4 is 0 Å². The van der Waals surface area contributed by atoms with Crippen molar-refractivity contribution in [2.75, 3.05) is 0 Å². The van der Waals surface area contributed by atoms with Gasteiger partial charge in [0.2, 0.25) is 0 Å². The Kier molecular flexibility index (Phi) is 14.2. The Morgan fingerprint density at radius 2 is 1.82 bits per heavy atom. The van der Waals surface area contributed by atoms with Crippen molar-refractivity contribution in [3.63, 3.8) is 0 Å². The Labute approximate surface area is 79.5 Å². The van der Waals surface area contributed by atoms with E-state index in [2.05, 4.69) is 0 Å². The van der Waals surface area contributed by atoms with Crippen LogP contribution in [0.15, 0.2) is 48.6 Å². The normalized spacial score (nSPS) is 7.73. The average Bonchev–Trinajstić information content (AvgIpc) is 2.44. The fraction of sp³-hybridized carbons (Fsp3) is 0.100. The second kappa shape index (κ2) is 12.1. The molecule has 0 atom stereocenters. The summed E-state index contributed by atoms with van der Waals surface area (Å²) in [6.07, 6.45) is 5.15. The summed E-state index contributed by atoms with van der Waals surface area (Å²) in [6.45, 7) is 6.85. The molecule has 0 saturated heterocycles. The standard InChI is InChI=1S/C5H5.C5H7.Fe/c1-2-4-5-3-1;1-3-5-4-2;/h1-5H;1,3-5H,2H3;/q2*-1;+2. The molecular weight excluding hydrogens is 176 g/mol. The van der Waals surface area contributed by atoms with E-state index in [4.69, 9.17) is 6.58 Å². The van der Waals surface area contributed by atoms with Crippen molar-refractivity contribution in [1.29, 1.82) is 0 Å². The SMILES string of the molecule is [CH-]=CC=CC.[Fe+2].c1cc[cH-]c1. The van der Waals surface area contributed by atoms with Gasteiger partial charge in [-0.1, -0.05) is 6.92 Å². The summed E-state index contributed by atoms with van der Waals surface area (Å²) in [5, 5.41) is 0. The molecule has 11 heavy (non-hydrogen) atoms. The summed E-state index contributed by atoms with van der Waals surface area (Å²) in [6, 6.07) is 10.0. The largest absolute Gasteiger partial charge is 2.00 e. The van der Waals surface area contributed by atoms with E-state index in [9.17, 15) is 0 Å². The third kappa shape index (κ3) is 12.5. The first-order valence-electron chi connectivity index (χ1n) is 3.24. The maximum atomic E-state index is 4.93. The Morgan fingerprint density at radius 3 is 1.91 bits per heavy atom. The van der Waals surface area contributed by atoms with Crippen LogP contribution in [0.2, 0.25) is 0 Å². The van der Waals surface area contributed by atoms with Gasteiger partial charge in [-0.05, 0) is 0 Å². The molecule has 0 fully saturated rings. The first-order valence-corrected chi connectivity index (χ1v) is 3.24. The summed E-state index contributed by atoms with van der Waals surface area (Å²) in [4.78, 5) is 0. The van der Waals surface area contributed by atoms with Crippen LogP contribution in [-0.2, 0) is 17.1 Å². The van der Waals surface area contributed by atoms with Gasteiger partial charge in [0.15, 0.2) is 0 Å². The molecule has 1 rings (SSSR count). The van der Waals surface area contributed by atoms with E-state index in [-0.39, 0.29) is 17.1 Å². The third-order valence-corrected chi connectivity index (χ3v) is 0.859. The quantitative estimate of drug-likeness (QED) is 0.361. The van der Waals surface area contributed by atoms with Gasteiger partial charge in [0.25, 0.3) is 0 Å². The molecule has 0 N–H and O–H groups in total. The smallest absolute Gasteiger partial charge is 0.293 e. The van der Waals surface area contributed by atoms with E-state index in [1.807, 2.05) is 43.3 Å². The molecule has 0 aromatic heterocycles. The van der Waals surface area contributed by atoms with Gasteiger partial charge in [0, 0.05) is 0 Å². The van der Waals surface area contributed by atoms with Crippen LogP contribution in [0.25, 0.3) is 0 Å². The number of hydrogen-bond acceptors (Lipinski definition) is 0. The van der Waals surface area contributed by atoms with Gasteiger partial charge >= 0.3 is 17.1 Å². The molecule has 60 valence electrons. The van der Waals surface area contributed by atoms with E-state index in [1.165, 1.54) is 6.08 Å². The van der Waals surface area contributed by atoms with Crippen molar-refractivity contribution >= 4 is 0 Å². The summed E-state index contributed by atoms with van der Waals surface area (Å²) in [5.41, 5.74) is 0. The van der Waals surface area contributed by atoms with Crippen molar-refractivity contribution in [3.8, 4) is 0 Å². The van der Waals surface area contributed by atoms with Crippen LogP contribution in [0.3, 0.4) is 0 Å². The molecule has 0 aliphatic carbocycles. The number of allylic oxidation sites excluding steroid dienone is 3. The van der Waals surface area contributed by atoms with Crippen LogP contribution in [0.1, 0.15) is 6.92 Å². The van der Waals surface area contributed by atoms with Gasteiger partial charge in [-0.3, -0.25) is 6.58 Å². The van der Waals surface area contributed by atoms with Crippen molar-refractivity contribution in [3.05, 3.63) is 55.1 Å². The first-order chi connectivity index (χ1) is 4.91. The van der Waals surface area contributed by atoms with Gasteiger partial charge in [-0.25, -0.2) is 24.3 Å². The Hall–Kier alpha value is -0.651. The Balaban J connectivity index is 0. The summed E-state index contributed by atoms with van der Waals surface area (Å²) >= 11 is 0. The predicted molar refractivity (Wildman–Crippen MR) is 45.7 cm³/mol. The van der Waals surface area contributed by atoms with E-state index in [0.29, 0.717) is 0 Å². The second-order valence-corrected chi connectivity index (χ2v) is 1.68. The summed E-state index contributed by atoms with van der Waals surface area (Å²) in [7, 11) is 0. The minimum Gasteiger partial charge on any atom is -0.293 e. The molecule has 1 aromatic carbocycles. The second-order valence-electron chi connectivity index (χ2n) is 1.68. The zero-order valence-electron chi connectivity index (χ0n) is 6.55. The van der Waals surface area contributed by atoms with Gasteiger partial charge in [0.1, 0.15) is 0 Å². The molecule has 0 aliphatic rings. The van der Waals surface area contributed by atoms with Gasteiger partial charge in [-0.2, -0.15) is 24.3 Å². The molecule has 0 spiro atoms. The monoisotopic (exact) mass is 188 g/mol. The fourth-order valence-corrected chi connectivity index (χ4v) is 0.432. The minimum atomic E-state index is 0. The van der Waals surface area contributed by atoms with Crippen LogP contribution in [0.4, 0.5) is 0 Å². The van der Waals surface area contributed by atoms with Gasteiger partial charge in [0.05, 0.1) is 0 Å². The van der Waals surface area contributed by atoms with Crippen LogP contribution in [0, 0.1) is 6.58 Å². The van der Waals surface area contributed by atoms with Gasteiger partial charge < -0.3 is 0 Å². The zero-order valence-corrected chi connectivity index (χ0v) is 7.65. The molecule has 0 unspecified atom stereocenters. The maximum absolute atomic E-state index is 4.93. The Bertz CT molecular complexity index is 144. The third-order valence-electron chi connectivity index (χ3n) is 0.859. The van der Waals surface area contributed by atoms with Crippen LogP contribution in [0.5, 0.6) is 0 Å². The van der Waals surface area contributed by atoms with Crippen molar-refractivity contribution in [1.82, 2.24) is 0 Å². The van der Waals surface area contributed by atoms with Crippen molar-refractivity contribution in [2.45, 2.75) is 6.92 Å². The number of hydrogen-bond donors (Lipinski definition) is 0. The van der Waals surface area contributed by atoms with E-state index < -0.39 is 0 Å². The number of rotatable bonds is 1. The molecule has 1 heteroatoms. The molecule has 0 heterocycles. The molecule has 0 nitrogen and oxygen atoms in total. The van der Waals surface area contributed by atoms with Crippen molar-refractivity contribution in [2.24, 2.45) is 0 Å². The molecule has 0 bridgehead atoms. The molecular formula is C10H12Fe. The van der Waals surface area contributed by atoms with Crippen LogP contribution >= 0.6 is 0 Å². The maximum Gasteiger partial charge on any atom is 2.00 e.